The number of aromatic nitrogens is 1. The van der Waals surface area contributed by atoms with Crippen molar-refractivity contribution in [1.82, 2.24) is 19.7 Å². The highest BCUT2D eigenvalue weighted by Gasteiger charge is 2.40. The van der Waals surface area contributed by atoms with E-state index in [1.165, 1.54) is 18.4 Å². The van der Waals surface area contributed by atoms with Gasteiger partial charge in [-0.05, 0) is 30.5 Å². The van der Waals surface area contributed by atoms with Gasteiger partial charge in [-0.25, -0.2) is 0 Å². The highest BCUT2D eigenvalue weighted by molar-refractivity contribution is 5.89. The summed E-state index contributed by atoms with van der Waals surface area (Å²) in [5.41, 5.74) is 1.26. The number of nitrogens with zero attached hydrogens (tertiary/aromatic N) is 4. The molecule has 0 radical (unpaired) electrons. The molecule has 1 aliphatic carbocycles. The van der Waals surface area contributed by atoms with Crippen LogP contribution in [0.25, 0.3) is 0 Å². The number of carbonyl (C=O) groups excluding carboxylic acids is 2. The summed E-state index contributed by atoms with van der Waals surface area (Å²) in [5.74, 6) is 0.240. The lowest BCUT2D eigenvalue weighted by Crippen LogP contribution is -2.50. The summed E-state index contributed by atoms with van der Waals surface area (Å²) >= 11 is 0. The van der Waals surface area contributed by atoms with Crippen molar-refractivity contribution in [3.63, 3.8) is 0 Å². The van der Waals surface area contributed by atoms with E-state index in [2.05, 4.69) is 9.88 Å². The molecule has 1 saturated carbocycles. The molecule has 6 heteroatoms. The first-order valence-corrected chi connectivity index (χ1v) is 9.90. The normalized spacial score (nSPS) is 25.2. The molecule has 3 heterocycles. The average molecular weight is 356 g/mol. The Hall–Kier alpha value is -1.95. The molecule has 4 rings (SSSR count). The minimum Gasteiger partial charge on any atom is -0.340 e. The zero-order chi connectivity index (χ0) is 17.9. The fourth-order valence-corrected chi connectivity index (χ4v) is 4.60. The Balaban J connectivity index is 1.28. The van der Waals surface area contributed by atoms with Gasteiger partial charge in [-0.1, -0.05) is 12.8 Å². The Morgan fingerprint density at radius 1 is 1.08 bits per heavy atom. The Labute approximate surface area is 155 Å². The lowest BCUT2D eigenvalue weighted by atomic mass is 10.1. The maximum Gasteiger partial charge on any atom is 0.228 e. The van der Waals surface area contributed by atoms with Crippen molar-refractivity contribution in [2.24, 2.45) is 5.92 Å². The van der Waals surface area contributed by atoms with Crippen LogP contribution in [0.1, 0.15) is 37.7 Å². The Morgan fingerprint density at radius 2 is 1.77 bits per heavy atom. The van der Waals surface area contributed by atoms with Gasteiger partial charge in [0.25, 0.3) is 0 Å². The molecule has 0 spiro atoms. The van der Waals surface area contributed by atoms with Crippen LogP contribution in [0.15, 0.2) is 24.5 Å². The molecule has 0 bridgehead atoms. The van der Waals surface area contributed by atoms with Crippen LogP contribution in [0.4, 0.5) is 0 Å². The van der Waals surface area contributed by atoms with Crippen molar-refractivity contribution in [1.29, 1.82) is 0 Å². The van der Waals surface area contributed by atoms with Gasteiger partial charge >= 0.3 is 0 Å². The monoisotopic (exact) mass is 356 g/mol. The quantitative estimate of drug-likeness (QED) is 0.821. The van der Waals surface area contributed by atoms with E-state index in [0.717, 1.165) is 45.6 Å². The zero-order valence-electron chi connectivity index (χ0n) is 15.3. The van der Waals surface area contributed by atoms with Crippen LogP contribution in [0, 0.1) is 5.92 Å². The van der Waals surface area contributed by atoms with E-state index in [0.29, 0.717) is 19.0 Å². The summed E-state index contributed by atoms with van der Waals surface area (Å²) in [6.07, 6.45) is 8.71. The van der Waals surface area contributed by atoms with Crippen molar-refractivity contribution in [3.8, 4) is 0 Å². The van der Waals surface area contributed by atoms with Gasteiger partial charge in [-0.3, -0.25) is 19.5 Å². The van der Waals surface area contributed by atoms with Crippen molar-refractivity contribution in [2.45, 2.75) is 44.7 Å². The third kappa shape index (κ3) is 3.75. The summed E-state index contributed by atoms with van der Waals surface area (Å²) in [5, 5.41) is 0. The van der Waals surface area contributed by atoms with Gasteiger partial charge in [-0.2, -0.15) is 0 Å². The topological polar surface area (TPSA) is 56.8 Å². The Morgan fingerprint density at radius 3 is 2.46 bits per heavy atom. The number of amides is 2. The number of rotatable bonds is 4. The van der Waals surface area contributed by atoms with Crippen LogP contribution in [0.5, 0.6) is 0 Å². The molecule has 2 amide bonds. The minimum atomic E-state index is -0.130. The fraction of sp³-hybridized carbons (Fsp3) is 0.650. The van der Waals surface area contributed by atoms with Crippen LogP contribution in [-0.2, 0) is 16.1 Å². The van der Waals surface area contributed by atoms with Gasteiger partial charge < -0.3 is 9.80 Å². The molecule has 1 atom stereocenters. The molecular formula is C20H28N4O2. The summed E-state index contributed by atoms with van der Waals surface area (Å²) < 4.78 is 0. The Bertz CT molecular complexity index is 636. The predicted octanol–water partition coefficient (Wildman–Crippen LogP) is 1.52. The maximum atomic E-state index is 12.9. The SMILES string of the molecule is O=C(C1CC(=O)N(C2CCCC2)C1)N1CCN(Cc2ccncc2)CC1. The second-order valence-electron chi connectivity index (χ2n) is 7.84. The van der Waals surface area contributed by atoms with Gasteiger partial charge in [0.05, 0.1) is 5.92 Å². The molecule has 26 heavy (non-hydrogen) atoms. The Kier molecular flexibility index (Phi) is 5.20. The molecule has 3 aliphatic rings. The third-order valence-corrected chi connectivity index (χ3v) is 6.11. The molecule has 6 nitrogen and oxygen atoms in total. The second-order valence-corrected chi connectivity index (χ2v) is 7.84. The van der Waals surface area contributed by atoms with Crippen molar-refractivity contribution >= 4 is 11.8 Å². The van der Waals surface area contributed by atoms with Crippen LogP contribution >= 0.6 is 0 Å². The lowest BCUT2D eigenvalue weighted by Gasteiger charge is -2.36. The number of likely N-dealkylation sites (tertiary alicyclic amines) is 1. The molecule has 0 aromatic carbocycles. The van der Waals surface area contributed by atoms with Crippen LogP contribution < -0.4 is 0 Å². The summed E-state index contributed by atoms with van der Waals surface area (Å²) in [6.45, 7) is 4.85. The van der Waals surface area contributed by atoms with Gasteiger partial charge in [0, 0.05) is 64.1 Å². The van der Waals surface area contributed by atoms with E-state index >= 15 is 0 Å². The number of piperazine rings is 1. The van der Waals surface area contributed by atoms with E-state index in [4.69, 9.17) is 0 Å². The highest BCUT2D eigenvalue weighted by atomic mass is 16.2. The first-order chi connectivity index (χ1) is 12.7. The van der Waals surface area contributed by atoms with Gasteiger partial charge in [-0.15, -0.1) is 0 Å². The third-order valence-electron chi connectivity index (χ3n) is 6.11. The second kappa shape index (κ2) is 7.74. The molecule has 2 aliphatic heterocycles. The van der Waals surface area contributed by atoms with Crippen molar-refractivity contribution in [3.05, 3.63) is 30.1 Å². The average Bonchev–Trinajstić information content (AvgIpc) is 3.32. The number of carbonyl (C=O) groups is 2. The zero-order valence-corrected chi connectivity index (χ0v) is 15.3. The molecule has 1 aromatic heterocycles. The summed E-state index contributed by atoms with van der Waals surface area (Å²) in [7, 11) is 0. The molecule has 1 unspecified atom stereocenters. The fourth-order valence-electron chi connectivity index (χ4n) is 4.60. The standard InChI is InChI=1S/C20H28N4O2/c25-19-13-17(15-24(19)18-3-1-2-4-18)20(26)23-11-9-22(10-12-23)14-16-5-7-21-8-6-16/h5-8,17-18H,1-4,9-15H2. The molecular weight excluding hydrogens is 328 g/mol. The minimum absolute atomic E-state index is 0.130. The predicted molar refractivity (Wildman–Crippen MR) is 98.2 cm³/mol. The first kappa shape index (κ1) is 17.5. The van der Waals surface area contributed by atoms with Crippen molar-refractivity contribution in [2.75, 3.05) is 32.7 Å². The molecule has 3 fully saturated rings. The van der Waals surface area contributed by atoms with Gasteiger partial charge in [0.15, 0.2) is 0 Å². The van der Waals surface area contributed by atoms with Crippen LogP contribution in [-0.4, -0.2) is 70.3 Å². The lowest BCUT2D eigenvalue weighted by molar-refractivity contribution is -0.137. The smallest absolute Gasteiger partial charge is 0.228 e. The number of hydrogen-bond donors (Lipinski definition) is 0. The summed E-state index contributed by atoms with van der Waals surface area (Å²) in [4.78, 5) is 35.6. The largest absolute Gasteiger partial charge is 0.340 e. The highest BCUT2D eigenvalue weighted by Crippen LogP contribution is 2.30. The van der Waals surface area contributed by atoms with E-state index in [1.54, 1.807) is 0 Å². The van der Waals surface area contributed by atoms with E-state index in [-0.39, 0.29) is 17.7 Å². The molecule has 1 aromatic rings. The number of hydrogen-bond acceptors (Lipinski definition) is 4. The van der Waals surface area contributed by atoms with Crippen LogP contribution in [0.2, 0.25) is 0 Å². The van der Waals surface area contributed by atoms with E-state index in [1.807, 2.05) is 34.3 Å². The number of pyridine rings is 1. The van der Waals surface area contributed by atoms with Gasteiger partial charge in [0.2, 0.25) is 11.8 Å². The molecule has 0 N–H and O–H groups in total. The molecule has 2 saturated heterocycles. The van der Waals surface area contributed by atoms with Gasteiger partial charge in [0.1, 0.15) is 0 Å². The van der Waals surface area contributed by atoms with Crippen molar-refractivity contribution < 1.29 is 9.59 Å². The maximum absolute atomic E-state index is 12.9. The van der Waals surface area contributed by atoms with Crippen LogP contribution in [0.3, 0.4) is 0 Å². The summed E-state index contributed by atoms with van der Waals surface area (Å²) in [6, 6.07) is 4.47. The van der Waals surface area contributed by atoms with E-state index < -0.39 is 0 Å². The molecule has 140 valence electrons. The first-order valence-electron chi connectivity index (χ1n) is 9.90. The van der Waals surface area contributed by atoms with E-state index in [9.17, 15) is 9.59 Å².